The van der Waals surface area contributed by atoms with Crippen molar-refractivity contribution in [1.82, 2.24) is 5.32 Å². The molecule has 1 rings (SSSR count). The molecule has 1 aromatic rings. The first-order chi connectivity index (χ1) is 10.2. The highest BCUT2D eigenvalue weighted by Crippen LogP contribution is 2.28. The topological polar surface area (TPSA) is 67.8 Å². The fourth-order valence-corrected chi connectivity index (χ4v) is 2.06. The summed E-state index contributed by atoms with van der Waals surface area (Å²) < 4.78 is 10.7. The summed E-state index contributed by atoms with van der Waals surface area (Å²) in [6, 6.07) is 5.13. The van der Waals surface area contributed by atoms with E-state index in [4.69, 9.17) is 14.6 Å². The van der Waals surface area contributed by atoms with Crippen molar-refractivity contribution >= 4 is 5.91 Å². The minimum atomic E-state index is -0.146. The van der Waals surface area contributed by atoms with Gasteiger partial charge in [-0.2, -0.15) is 0 Å². The summed E-state index contributed by atoms with van der Waals surface area (Å²) in [5, 5.41) is 11.8. The van der Waals surface area contributed by atoms with E-state index in [0.717, 1.165) is 6.42 Å². The van der Waals surface area contributed by atoms with E-state index in [2.05, 4.69) is 5.32 Å². The number of rotatable bonds is 9. The van der Waals surface area contributed by atoms with E-state index in [9.17, 15) is 4.79 Å². The number of carbonyl (C=O) groups is 1. The number of carbonyl (C=O) groups excluding carboxylic acids is 1. The van der Waals surface area contributed by atoms with Gasteiger partial charge in [0.05, 0.1) is 13.7 Å². The molecule has 0 spiro atoms. The quantitative estimate of drug-likeness (QED) is 0.733. The van der Waals surface area contributed by atoms with Gasteiger partial charge in [0.15, 0.2) is 11.5 Å². The Morgan fingerprint density at radius 3 is 2.67 bits per heavy atom. The average Bonchev–Trinajstić information content (AvgIpc) is 2.51. The molecule has 1 unspecified atom stereocenters. The van der Waals surface area contributed by atoms with Crippen LogP contribution in [-0.4, -0.2) is 37.9 Å². The third-order valence-electron chi connectivity index (χ3n) is 3.39. The van der Waals surface area contributed by atoms with Crippen LogP contribution >= 0.6 is 0 Å². The molecule has 0 aliphatic heterocycles. The van der Waals surface area contributed by atoms with Crippen LogP contribution in [0.4, 0.5) is 0 Å². The Morgan fingerprint density at radius 1 is 1.33 bits per heavy atom. The molecule has 2 N–H and O–H groups in total. The Kier molecular flexibility index (Phi) is 7.61. The molecular formula is C16H25NO4. The van der Waals surface area contributed by atoms with Gasteiger partial charge in [-0.25, -0.2) is 0 Å². The van der Waals surface area contributed by atoms with E-state index >= 15 is 0 Å². The lowest BCUT2D eigenvalue weighted by atomic mass is 10.0. The maximum atomic E-state index is 12.1. The van der Waals surface area contributed by atoms with Gasteiger partial charge < -0.3 is 19.9 Å². The molecule has 0 aliphatic rings. The summed E-state index contributed by atoms with van der Waals surface area (Å²) in [7, 11) is 1.55. The van der Waals surface area contributed by atoms with Crippen molar-refractivity contribution in [3.05, 3.63) is 23.8 Å². The number of aliphatic hydroxyl groups is 1. The Bertz CT molecular complexity index is 448. The molecule has 21 heavy (non-hydrogen) atoms. The number of amides is 1. The summed E-state index contributed by atoms with van der Waals surface area (Å²) in [4.78, 5) is 12.1. The zero-order chi connectivity index (χ0) is 15.7. The van der Waals surface area contributed by atoms with Gasteiger partial charge in [-0.3, -0.25) is 4.79 Å². The first kappa shape index (κ1) is 17.3. The van der Waals surface area contributed by atoms with Gasteiger partial charge in [0, 0.05) is 18.7 Å². The normalized spacial score (nSPS) is 11.8. The van der Waals surface area contributed by atoms with Gasteiger partial charge in [0.25, 0.3) is 5.91 Å². The van der Waals surface area contributed by atoms with Crippen molar-refractivity contribution in [1.29, 1.82) is 0 Å². The summed E-state index contributed by atoms with van der Waals surface area (Å²) in [6.45, 7) is 5.19. The second kappa shape index (κ2) is 9.23. The molecule has 0 radical (unpaired) electrons. The largest absolute Gasteiger partial charge is 0.493 e. The third-order valence-corrected chi connectivity index (χ3v) is 3.39. The van der Waals surface area contributed by atoms with Crippen LogP contribution in [0, 0.1) is 5.92 Å². The standard InChI is InChI=1S/C16H25NO4/c1-4-12(8-9-18)11-17-16(19)13-6-7-14(21-5-2)15(10-13)20-3/h6-7,10,12,18H,4-5,8-9,11H2,1-3H3,(H,17,19). The number of methoxy groups -OCH3 is 1. The number of aliphatic hydroxyl groups excluding tert-OH is 1. The predicted molar refractivity (Wildman–Crippen MR) is 82.0 cm³/mol. The second-order valence-electron chi connectivity index (χ2n) is 4.80. The number of ether oxygens (including phenoxy) is 2. The number of hydrogen-bond donors (Lipinski definition) is 2. The fourth-order valence-electron chi connectivity index (χ4n) is 2.06. The van der Waals surface area contributed by atoms with E-state index in [0.29, 0.717) is 42.6 Å². The highest BCUT2D eigenvalue weighted by Gasteiger charge is 2.12. The Labute approximate surface area is 126 Å². The minimum absolute atomic E-state index is 0.144. The third kappa shape index (κ3) is 5.27. The molecule has 0 aliphatic carbocycles. The number of benzene rings is 1. The lowest BCUT2D eigenvalue weighted by molar-refractivity contribution is 0.0943. The van der Waals surface area contributed by atoms with Crippen molar-refractivity contribution in [2.75, 3.05) is 26.9 Å². The lowest BCUT2D eigenvalue weighted by Gasteiger charge is -2.15. The molecule has 5 heteroatoms. The second-order valence-corrected chi connectivity index (χ2v) is 4.80. The van der Waals surface area contributed by atoms with Crippen LogP contribution in [0.1, 0.15) is 37.0 Å². The molecule has 5 nitrogen and oxygen atoms in total. The van der Waals surface area contributed by atoms with E-state index < -0.39 is 0 Å². The van der Waals surface area contributed by atoms with Crippen LogP contribution in [0.15, 0.2) is 18.2 Å². The predicted octanol–water partition coefficient (Wildman–Crippen LogP) is 2.23. The van der Waals surface area contributed by atoms with Gasteiger partial charge in [-0.1, -0.05) is 13.3 Å². The average molecular weight is 295 g/mol. The van der Waals surface area contributed by atoms with Crippen LogP contribution in [-0.2, 0) is 0 Å². The lowest BCUT2D eigenvalue weighted by Crippen LogP contribution is -2.29. The fraction of sp³-hybridized carbons (Fsp3) is 0.562. The van der Waals surface area contributed by atoms with Crippen LogP contribution in [0.3, 0.4) is 0 Å². The summed E-state index contributed by atoms with van der Waals surface area (Å²) in [5.41, 5.74) is 0.536. The molecule has 0 aromatic heterocycles. The number of nitrogens with one attached hydrogen (secondary N) is 1. The minimum Gasteiger partial charge on any atom is -0.493 e. The van der Waals surface area contributed by atoms with Crippen molar-refractivity contribution in [2.24, 2.45) is 5.92 Å². The molecule has 1 atom stereocenters. The van der Waals surface area contributed by atoms with Crippen molar-refractivity contribution < 1.29 is 19.4 Å². The molecular weight excluding hydrogens is 270 g/mol. The van der Waals surface area contributed by atoms with E-state index in [1.54, 1.807) is 25.3 Å². The Balaban J connectivity index is 2.69. The summed E-state index contributed by atoms with van der Waals surface area (Å²) >= 11 is 0. The molecule has 0 heterocycles. The van der Waals surface area contributed by atoms with Gasteiger partial charge in [-0.15, -0.1) is 0 Å². The van der Waals surface area contributed by atoms with Crippen LogP contribution in [0.2, 0.25) is 0 Å². The molecule has 0 bridgehead atoms. The van der Waals surface area contributed by atoms with E-state index in [1.165, 1.54) is 0 Å². The molecule has 1 amide bonds. The van der Waals surface area contributed by atoms with Crippen molar-refractivity contribution in [3.63, 3.8) is 0 Å². The first-order valence-corrected chi connectivity index (χ1v) is 7.36. The van der Waals surface area contributed by atoms with Crippen molar-refractivity contribution in [2.45, 2.75) is 26.7 Å². The summed E-state index contributed by atoms with van der Waals surface area (Å²) in [6.07, 6.45) is 1.62. The van der Waals surface area contributed by atoms with Crippen molar-refractivity contribution in [3.8, 4) is 11.5 Å². The highest BCUT2D eigenvalue weighted by atomic mass is 16.5. The highest BCUT2D eigenvalue weighted by molar-refractivity contribution is 5.94. The van der Waals surface area contributed by atoms with Crippen LogP contribution in [0.5, 0.6) is 11.5 Å². The van der Waals surface area contributed by atoms with E-state index in [-0.39, 0.29) is 12.5 Å². The number of hydrogen-bond acceptors (Lipinski definition) is 4. The van der Waals surface area contributed by atoms with Gasteiger partial charge in [-0.05, 0) is 37.5 Å². The molecule has 118 valence electrons. The Morgan fingerprint density at radius 2 is 2.10 bits per heavy atom. The van der Waals surface area contributed by atoms with E-state index in [1.807, 2.05) is 13.8 Å². The SMILES string of the molecule is CCOc1ccc(C(=O)NCC(CC)CCO)cc1OC. The van der Waals surface area contributed by atoms with Gasteiger partial charge in [0.1, 0.15) is 0 Å². The zero-order valence-electron chi connectivity index (χ0n) is 13.0. The maximum absolute atomic E-state index is 12.1. The monoisotopic (exact) mass is 295 g/mol. The molecule has 0 fully saturated rings. The zero-order valence-corrected chi connectivity index (χ0v) is 13.0. The molecule has 1 aromatic carbocycles. The maximum Gasteiger partial charge on any atom is 0.251 e. The van der Waals surface area contributed by atoms with Gasteiger partial charge in [0.2, 0.25) is 0 Å². The summed E-state index contributed by atoms with van der Waals surface area (Å²) in [5.74, 6) is 1.33. The Hall–Kier alpha value is -1.75. The first-order valence-electron chi connectivity index (χ1n) is 7.36. The smallest absolute Gasteiger partial charge is 0.251 e. The molecule has 0 saturated carbocycles. The molecule has 0 saturated heterocycles. The van der Waals surface area contributed by atoms with Crippen LogP contribution < -0.4 is 14.8 Å². The van der Waals surface area contributed by atoms with Crippen LogP contribution in [0.25, 0.3) is 0 Å². The van der Waals surface area contributed by atoms with Gasteiger partial charge >= 0.3 is 0 Å².